The summed E-state index contributed by atoms with van der Waals surface area (Å²) >= 11 is 5.76. The first-order valence-electron chi connectivity index (χ1n) is 5.91. The predicted octanol–water partition coefficient (Wildman–Crippen LogP) is 1.99. The Bertz CT molecular complexity index is 562. The van der Waals surface area contributed by atoms with Crippen molar-refractivity contribution in [1.29, 1.82) is 0 Å². The van der Waals surface area contributed by atoms with Crippen molar-refractivity contribution < 1.29 is 9.90 Å². The second-order valence-electron chi connectivity index (χ2n) is 4.01. The van der Waals surface area contributed by atoms with E-state index < -0.39 is 12.1 Å². The van der Waals surface area contributed by atoms with Gasteiger partial charge in [-0.05, 0) is 29.8 Å². The minimum atomic E-state index is -0.806. The number of nitrogens with one attached hydrogen (secondary N) is 2. The number of aliphatic hydroxyl groups excluding tert-OH is 1. The Labute approximate surface area is 120 Å². The van der Waals surface area contributed by atoms with Crippen LogP contribution in [0.4, 0.5) is 10.6 Å². The van der Waals surface area contributed by atoms with Crippen LogP contribution in [0, 0.1) is 0 Å². The number of hydrogen-bond acceptors (Lipinski definition) is 4. The van der Waals surface area contributed by atoms with E-state index in [4.69, 9.17) is 11.6 Å². The van der Waals surface area contributed by atoms with Crippen LogP contribution in [-0.4, -0.2) is 27.9 Å². The molecule has 1 heterocycles. The largest absolute Gasteiger partial charge is 0.387 e. The van der Waals surface area contributed by atoms with Gasteiger partial charge in [-0.3, -0.25) is 5.32 Å². The second-order valence-corrected chi connectivity index (χ2v) is 4.45. The Morgan fingerprint density at radius 3 is 2.70 bits per heavy atom. The first kappa shape index (κ1) is 14.2. The minimum absolute atomic E-state index is 0.0771. The van der Waals surface area contributed by atoms with Gasteiger partial charge >= 0.3 is 6.03 Å². The molecule has 20 heavy (non-hydrogen) atoms. The molecule has 2 aromatic rings. The van der Waals surface area contributed by atoms with Crippen LogP contribution >= 0.6 is 11.6 Å². The van der Waals surface area contributed by atoms with E-state index in [1.54, 1.807) is 36.4 Å². The SMILES string of the molecule is O=C(NCC(O)c1ccc(Cl)cc1)Nc1cccnn1. The van der Waals surface area contributed by atoms with Crippen molar-refractivity contribution in [3.8, 4) is 0 Å². The number of aromatic nitrogens is 2. The van der Waals surface area contributed by atoms with Crippen molar-refractivity contribution >= 4 is 23.4 Å². The summed E-state index contributed by atoms with van der Waals surface area (Å²) in [4.78, 5) is 11.6. The molecule has 0 fully saturated rings. The molecule has 7 heteroatoms. The molecule has 0 aliphatic carbocycles. The maximum atomic E-state index is 11.6. The lowest BCUT2D eigenvalue weighted by Gasteiger charge is -2.12. The van der Waals surface area contributed by atoms with Crippen molar-refractivity contribution in [2.45, 2.75) is 6.10 Å². The third-order valence-electron chi connectivity index (χ3n) is 2.52. The summed E-state index contributed by atoms with van der Waals surface area (Å²) in [7, 11) is 0. The van der Waals surface area contributed by atoms with Crippen molar-refractivity contribution in [3.63, 3.8) is 0 Å². The summed E-state index contributed by atoms with van der Waals surface area (Å²) in [6.07, 6.45) is 0.702. The quantitative estimate of drug-likeness (QED) is 0.804. The van der Waals surface area contributed by atoms with E-state index in [1.807, 2.05) is 0 Å². The Hall–Kier alpha value is -2.18. The van der Waals surface area contributed by atoms with E-state index >= 15 is 0 Å². The summed E-state index contributed by atoms with van der Waals surface area (Å²) in [5.41, 5.74) is 0.675. The number of urea groups is 1. The van der Waals surface area contributed by atoms with Crippen molar-refractivity contribution in [2.24, 2.45) is 0 Å². The molecule has 0 aliphatic rings. The predicted molar refractivity (Wildman–Crippen MR) is 75.5 cm³/mol. The van der Waals surface area contributed by atoms with E-state index in [1.165, 1.54) is 6.20 Å². The van der Waals surface area contributed by atoms with Gasteiger partial charge in [-0.1, -0.05) is 23.7 Å². The summed E-state index contributed by atoms with van der Waals surface area (Å²) in [5, 5.41) is 22.9. The average Bonchev–Trinajstić information content (AvgIpc) is 2.46. The first-order chi connectivity index (χ1) is 9.65. The maximum absolute atomic E-state index is 11.6. The van der Waals surface area contributed by atoms with Crippen LogP contribution in [0.2, 0.25) is 5.02 Å². The van der Waals surface area contributed by atoms with Gasteiger partial charge in [0.2, 0.25) is 0 Å². The number of amides is 2. The number of carbonyl (C=O) groups is 1. The molecule has 3 N–H and O–H groups in total. The number of rotatable bonds is 4. The van der Waals surface area contributed by atoms with Crippen LogP contribution in [0.15, 0.2) is 42.6 Å². The molecule has 0 saturated heterocycles. The highest BCUT2D eigenvalue weighted by Gasteiger charge is 2.09. The summed E-state index contributed by atoms with van der Waals surface area (Å²) in [5.74, 6) is 0.339. The van der Waals surface area contributed by atoms with Gasteiger partial charge in [0.25, 0.3) is 0 Å². The fourth-order valence-electron chi connectivity index (χ4n) is 1.52. The van der Waals surface area contributed by atoms with E-state index in [2.05, 4.69) is 20.8 Å². The average molecular weight is 293 g/mol. The van der Waals surface area contributed by atoms with Crippen LogP contribution in [0.1, 0.15) is 11.7 Å². The zero-order chi connectivity index (χ0) is 14.4. The van der Waals surface area contributed by atoms with Gasteiger partial charge in [0.15, 0.2) is 5.82 Å². The van der Waals surface area contributed by atoms with Gasteiger partial charge < -0.3 is 10.4 Å². The number of halogens is 1. The number of anilines is 1. The number of benzene rings is 1. The van der Waals surface area contributed by atoms with E-state index in [0.717, 1.165) is 0 Å². The van der Waals surface area contributed by atoms with Crippen LogP contribution in [0.5, 0.6) is 0 Å². The van der Waals surface area contributed by atoms with Crippen LogP contribution in [0.3, 0.4) is 0 Å². The Balaban J connectivity index is 1.82. The van der Waals surface area contributed by atoms with Crippen molar-refractivity contribution in [2.75, 3.05) is 11.9 Å². The van der Waals surface area contributed by atoms with Crippen LogP contribution in [0.25, 0.3) is 0 Å². The lowest BCUT2D eigenvalue weighted by molar-refractivity contribution is 0.175. The van der Waals surface area contributed by atoms with Gasteiger partial charge in [-0.25, -0.2) is 4.79 Å². The molecule has 1 aromatic heterocycles. The molecule has 2 amide bonds. The van der Waals surface area contributed by atoms with Crippen molar-refractivity contribution in [3.05, 3.63) is 53.2 Å². The van der Waals surface area contributed by atoms with Crippen LogP contribution < -0.4 is 10.6 Å². The monoisotopic (exact) mass is 292 g/mol. The van der Waals surface area contributed by atoms with Gasteiger partial charge in [-0.15, -0.1) is 5.10 Å². The smallest absolute Gasteiger partial charge is 0.320 e. The van der Waals surface area contributed by atoms with Crippen LogP contribution in [-0.2, 0) is 0 Å². The highest BCUT2D eigenvalue weighted by Crippen LogP contribution is 2.15. The molecule has 0 spiro atoms. The third kappa shape index (κ3) is 4.18. The van der Waals surface area contributed by atoms with Gasteiger partial charge in [0, 0.05) is 17.8 Å². The molecule has 6 nitrogen and oxygen atoms in total. The summed E-state index contributed by atoms with van der Waals surface area (Å²) in [6.45, 7) is 0.0771. The van der Waals surface area contributed by atoms with Gasteiger partial charge in [0.05, 0.1) is 6.10 Å². The number of carbonyl (C=O) groups excluding carboxylic acids is 1. The zero-order valence-corrected chi connectivity index (χ0v) is 11.2. The normalized spacial score (nSPS) is 11.7. The Morgan fingerprint density at radius 2 is 2.05 bits per heavy atom. The van der Waals surface area contributed by atoms with Gasteiger partial charge in [0.1, 0.15) is 0 Å². The molecule has 0 aliphatic heterocycles. The Kier molecular flexibility index (Phi) is 4.86. The molecule has 2 rings (SSSR count). The van der Waals surface area contributed by atoms with Crippen molar-refractivity contribution in [1.82, 2.24) is 15.5 Å². The van der Waals surface area contributed by atoms with E-state index in [9.17, 15) is 9.90 Å². The molecular formula is C13H13ClN4O2. The zero-order valence-electron chi connectivity index (χ0n) is 10.5. The molecule has 104 valence electrons. The first-order valence-corrected chi connectivity index (χ1v) is 6.29. The number of aliphatic hydroxyl groups is 1. The molecule has 1 unspecified atom stereocenters. The summed E-state index contributed by atoms with van der Waals surface area (Å²) < 4.78 is 0. The molecular weight excluding hydrogens is 280 g/mol. The molecule has 0 bridgehead atoms. The highest BCUT2D eigenvalue weighted by atomic mass is 35.5. The molecule has 0 saturated carbocycles. The lowest BCUT2D eigenvalue weighted by atomic mass is 10.1. The van der Waals surface area contributed by atoms with E-state index in [0.29, 0.717) is 16.4 Å². The lowest BCUT2D eigenvalue weighted by Crippen LogP contribution is -2.32. The fraction of sp³-hybridized carbons (Fsp3) is 0.154. The molecule has 1 aromatic carbocycles. The molecule has 1 atom stereocenters. The second kappa shape index (κ2) is 6.83. The van der Waals surface area contributed by atoms with Gasteiger partial charge in [-0.2, -0.15) is 5.10 Å². The minimum Gasteiger partial charge on any atom is -0.387 e. The number of hydrogen-bond donors (Lipinski definition) is 3. The Morgan fingerprint density at radius 1 is 1.30 bits per heavy atom. The highest BCUT2D eigenvalue weighted by molar-refractivity contribution is 6.30. The fourth-order valence-corrected chi connectivity index (χ4v) is 1.65. The third-order valence-corrected chi connectivity index (χ3v) is 2.78. The maximum Gasteiger partial charge on any atom is 0.320 e. The summed E-state index contributed by atoms with van der Waals surface area (Å²) in [6, 6.07) is 9.58. The van der Waals surface area contributed by atoms with E-state index in [-0.39, 0.29) is 6.54 Å². The standard InChI is InChI=1S/C13H13ClN4O2/c14-10-5-3-9(4-6-10)11(19)8-15-13(20)17-12-2-1-7-16-18-12/h1-7,11,19H,8H2,(H2,15,17,18,20). The number of nitrogens with zero attached hydrogens (tertiary/aromatic N) is 2. The molecule has 0 radical (unpaired) electrons. The topological polar surface area (TPSA) is 87.1 Å².